The fourth-order valence-electron chi connectivity index (χ4n) is 1.09. The number of hydrogen-bond acceptors (Lipinski definition) is 4. The van der Waals surface area contributed by atoms with Gasteiger partial charge < -0.3 is 10.2 Å². The van der Waals surface area contributed by atoms with Gasteiger partial charge in [-0.25, -0.2) is 4.98 Å². The molecule has 0 radical (unpaired) electrons. The summed E-state index contributed by atoms with van der Waals surface area (Å²) in [5, 5.41) is 7.35. The van der Waals surface area contributed by atoms with Gasteiger partial charge >= 0.3 is 0 Å². The minimum Gasteiger partial charge on any atom is -0.448 e. The van der Waals surface area contributed by atoms with Crippen LogP contribution in [0.25, 0.3) is 0 Å². The Kier molecular flexibility index (Phi) is 3.21. The smallest absolute Gasteiger partial charge is 0.208 e. The zero-order valence-corrected chi connectivity index (χ0v) is 9.39. The number of aromatic nitrogens is 1. The van der Waals surface area contributed by atoms with Crippen LogP contribution >= 0.6 is 11.8 Å². The van der Waals surface area contributed by atoms with Crippen LogP contribution < -0.4 is 5.73 Å². The van der Waals surface area contributed by atoms with Crippen molar-refractivity contribution < 1.29 is 4.42 Å². The van der Waals surface area contributed by atoms with Gasteiger partial charge in [0, 0.05) is 0 Å². The molecule has 0 aliphatic carbocycles. The van der Waals surface area contributed by atoms with Gasteiger partial charge in [-0.15, -0.1) is 0 Å². The molecule has 14 heavy (non-hydrogen) atoms. The van der Waals surface area contributed by atoms with Crippen molar-refractivity contribution in [3.8, 4) is 0 Å². The zero-order chi connectivity index (χ0) is 10.8. The number of thioether (sulfide) groups is 1. The lowest BCUT2D eigenvalue weighted by atomic mass is 9.91. The number of nitrogens with one attached hydrogen (secondary N) is 1. The molecule has 1 atom stereocenters. The molecule has 0 spiro atoms. The third-order valence-electron chi connectivity index (χ3n) is 1.71. The molecular weight excluding hydrogens is 198 g/mol. The van der Waals surface area contributed by atoms with Crippen molar-refractivity contribution in [3.63, 3.8) is 0 Å². The Morgan fingerprint density at radius 3 is 2.64 bits per heavy atom. The fraction of sp³-hybridized carbons (Fsp3) is 0.556. The van der Waals surface area contributed by atoms with Crippen LogP contribution in [0.5, 0.6) is 0 Å². The van der Waals surface area contributed by atoms with E-state index in [1.165, 1.54) is 18.0 Å². The fourth-order valence-corrected chi connectivity index (χ4v) is 1.91. The summed E-state index contributed by atoms with van der Waals surface area (Å²) in [6, 6.07) is 0. The average Bonchev–Trinajstić information content (AvgIpc) is 2.49. The Morgan fingerprint density at radius 2 is 2.29 bits per heavy atom. The molecule has 0 fully saturated rings. The lowest BCUT2D eigenvalue weighted by Gasteiger charge is -2.26. The molecule has 0 saturated carbocycles. The summed E-state index contributed by atoms with van der Waals surface area (Å²) < 4.78 is 5.24. The molecule has 0 saturated heterocycles. The number of oxazole rings is 1. The number of nitrogens with zero attached hydrogens (tertiary/aromatic N) is 1. The van der Waals surface area contributed by atoms with Gasteiger partial charge in [0.1, 0.15) is 6.26 Å². The van der Waals surface area contributed by atoms with Gasteiger partial charge in [0.25, 0.3) is 0 Å². The lowest BCUT2D eigenvalue weighted by Crippen LogP contribution is -2.19. The van der Waals surface area contributed by atoms with E-state index in [2.05, 4.69) is 25.8 Å². The maximum Gasteiger partial charge on any atom is 0.208 e. The molecule has 1 heterocycles. The summed E-state index contributed by atoms with van der Waals surface area (Å²) in [5.74, 6) is 0.623. The van der Waals surface area contributed by atoms with Crippen molar-refractivity contribution >= 4 is 16.9 Å². The van der Waals surface area contributed by atoms with Gasteiger partial charge in [0.15, 0.2) is 5.17 Å². The summed E-state index contributed by atoms with van der Waals surface area (Å²) in [7, 11) is 0. The van der Waals surface area contributed by atoms with Crippen molar-refractivity contribution in [1.82, 2.24) is 4.98 Å². The first kappa shape index (κ1) is 11.1. The minimum atomic E-state index is -0.0405. The first-order chi connectivity index (χ1) is 6.41. The molecule has 1 unspecified atom stereocenters. The maximum atomic E-state index is 7.28. The molecule has 3 N–H and O–H groups in total. The quantitative estimate of drug-likeness (QED) is 0.584. The van der Waals surface area contributed by atoms with E-state index < -0.39 is 0 Å². The van der Waals surface area contributed by atoms with Gasteiger partial charge in [-0.3, -0.25) is 5.41 Å². The van der Waals surface area contributed by atoms with Crippen LogP contribution in [-0.4, -0.2) is 10.2 Å². The van der Waals surface area contributed by atoms with E-state index in [9.17, 15) is 0 Å². The zero-order valence-electron chi connectivity index (χ0n) is 8.57. The van der Waals surface area contributed by atoms with Crippen LogP contribution in [0.2, 0.25) is 0 Å². The van der Waals surface area contributed by atoms with Crippen LogP contribution in [-0.2, 0) is 0 Å². The number of rotatable bonds is 2. The van der Waals surface area contributed by atoms with E-state index in [0.29, 0.717) is 5.89 Å². The van der Waals surface area contributed by atoms with Gasteiger partial charge in [-0.1, -0.05) is 32.5 Å². The van der Waals surface area contributed by atoms with E-state index in [1.54, 1.807) is 6.20 Å². The third kappa shape index (κ3) is 2.77. The molecule has 0 amide bonds. The molecule has 0 aromatic carbocycles. The van der Waals surface area contributed by atoms with Crippen molar-refractivity contribution in [2.75, 3.05) is 0 Å². The van der Waals surface area contributed by atoms with Crippen LogP contribution in [0, 0.1) is 10.8 Å². The van der Waals surface area contributed by atoms with Crippen LogP contribution in [0.1, 0.15) is 31.9 Å². The number of hydrogen-bond donors (Lipinski definition) is 2. The Balaban J connectivity index is 2.89. The highest BCUT2D eigenvalue weighted by atomic mass is 32.2. The summed E-state index contributed by atoms with van der Waals surface area (Å²) in [4.78, 5) is 4.10. The molecule has 5 heteroatoms. The summed E-state index contributed by atoms with van der Waals surface area (Å²) >= 11 is 1.27. The standard InChI is InChI=1S/C9H15N3OS/c1-9(2,3)6(14-8(10)11)7-12-4-5-13-7/h4-6H,1-3H3,(H3,10,11). The summed E-state index contributed by atoms with van der Waals surface area (Å²) in [6.45, 7) is 6.20. The van der Waals surface area contributed by atoms with Gasteiger partial charge in [0.05, 0.1) is 11.4 Å². The van der Waals surface area contributed by atoms with E-state index in [0.717, 1.165) is 0 Å². The molecule has 0 aliphatic rings. The van der Waals surface area contributed by atoms with Crippen LogP contribution in [0.3, 0.4) is 0 Å². The van der Waals surface area contributed by atoms with Gasteiger partial charge in [-0.05, 0) is 5.41 Å². The molecular formula is C9H15N3OS. The SMILES string of the molecule is CC(C)(C)C(SC(=N)N)c1ncco1. The Morgan fingerprint density at radius 1 is 1.64 bits per heavy atom. The van der Waals surface area contributed by atoms with E-state index in [-0.39, 0.29) is 15.8 Å². The molecule has 1 aromatic heterocycles. The van der Waals surface area contributed by atoms with Gasteiger partial charge in [-0.2, -0.15) is 0 Å². The highest BCUT2D eigenvalue weighted by Gasteiger charge is 2.31. The third-order valence-corrected chi connectivity index (χ3v) is 3.11. The normalized spacial score (nSPS) is 13.9. The predicted molar refractivity (Wildman–Crippen MR) is 58.2 cm³/mol. The monoisotopic (exact) mass is 213 g/mol. The van der Waals surface area contributed by atoms with Crippen molar-refractivity contribution in [3.05, 3.63) is 18.4 Å². The molecule has 1 rings (SSSR count). The van der Waals surface area contributed by atoms with E-state index in [4.69, 9.17) is 15.6 Å². The molecule has 78 valence electrons. The van der Waals surface area contributed by atoms with Crippen LogP contribution in [0.4, 0.5) is 0 Å². The second-order valence-corrected chi connectivity index (χ2v) is 5.25. The lowest BCUT2D eigenvalue weighted by molar-refractivity contribution is 0.346. The number of amidine groups is 1. The second kappa shape index (κ2) is 4.04. The minimum absolute atomic E-state index is 0.0185. The highest BCUT2D eigenvalue weighted by Crippen LogP contribution is 2.42. The van der Waals surface area contributed by atoms with E-state index >= 15 is 0 Å². The Labute approximate surface area is 87.8 Å². The topological polar surface area (TPSA) is 75.9 Å². The molecule has 0 aliphatic heterocycles. The first-order valence-corrected chi connectivity index (χ1v) is 5.19. The van der Waals surface area contributed by atoms with Gasteiger partial charge in [0.2, 0.25) is 5.89 Å². The average molecular weight is 213 g/mol. The number of nitrogens with two attached hydrogens (primary N) is 1. The van der Waals surface area contributed by atoms with E-state index in [1.807, 2.05) is 0 Å². The summed E-state index contributed by atoms with van der Waals surface area (Å²) in [5.41, 5.74) is 5.33. The second-order valence-electron chi connectivity index (χ2n) is 4.10. The maximum absolute atomic E-state index is 7.28. The Bertz CT molecular complexity index is 302. The summed E-state index contributed by atoms with van der Waals surface area (Å²) in [6.07, 6.45) is 3.14. The van der Waals surface area contributed by atoms with Crippen molar-refractivity contribution in [1.29, 1.82) is 5.41 Å². The first-order valence-electron chi connectivity index (χ1n) is 4.31. The largest absolute Gasteiger partial charge is 0.448 e. The molecule has 0 bridgehead atoms. The highest BCUT2D eigenvalue weighted by molar-refractivity contribution is 8.13. The van der Waals surface area contributed by atoms with Crippen molar-refractivity contribution in [2.45, 2.75) is 26.0 Å². The molecule has 1 aromatic rings. The Hall–Kier alpha value is -0.970. The molecule has 4 nitrogen and oxygen atoms in total. The predicted octanol–water partition coefficient (Wildman–Crippen LogP) is 2.39. The van der Waals surface area contributed by atoms with Crippen LogP contribution in [0.15, 0.2) is 16.9 Å². The van der Waals surface area contributed by atoms with Crippen molar-refractivity contribution in [2.24, 2.45) is 11.1 Å².